The highest BCUT2D eigenvalue weighted by Crippen LogP contribution is 2.42. The molecule has 0 saturated carbocycles. The summed E-state index contributed by atoms with van der Waals surface area (Å²) in [4.78, 5) is 26.9. The largest absolute Gasteiger partial charge is 0.489 e. The monoisotopic (exact) mass is 613 g/mol. The molecule has 3 aromatic carbocycles. The van der Waals surface area contributed by atoms with Gasteiger partial charge in [0.1, 0.15) is 30.3 Å². The molecule has 0 bridgehead atoms. The molecule has 5 rings (SSSR count). The van der Waals surface area contributed by atoms with Crippen LogP contribution in [-0.4, -0.2) is 33.2 Å². The quantitative estimate of drug-likeness (QED) is 0.170. The van der Waals surface area contributed by atoms with Gasteiger partial charge in [-0.1, -0.05) is 48.0 Å². The zero-order chi connectivity index (χ0) is 31.2. The van der Waals surface area contributed by atoms with Gasteiger partial charge in [-0.05, 0) is 71.7 Å². The third-order valence-corrected chi connectivity index (χ3v) is 8.14. The molecular formula is C34H29ClFN3O5. The van der Waals surface area contributed by atoms with E-state index >= 15 is 0 Å². The molecule has 8 nitrogen and oxygen atoms in total. The van der Waals surface area contributed by atoms with Gasteiger partial charge in [0.25, 0.3) is 0 Å². The van der Waals surface area contributed by atoms with Gasteiger partial charge >= 0.3 is 11.9 Å². The molecule has 224 valence electrons. The van der Waals surface area contributed by atoms with Gasteiger partial charge in [-0.2, -0.15) is 5.26 Å². The number of rotatable bonds is 12. The number of ether oxygens (including phenoxy) is 1. The Morgan fingerprint density at radius 1 is 1.09 bits per heavy atom. The van der Waals surface area contributed by atoms with E-state index < -0.39 is 24.4 Å². The second kappa shape index (κ2) is 13.7. The Bertz CT molecular complexity index is 1760. The second-order valence-electron chi connectivity index (χ2n) is 10.7. The molecule has 0 radical (unpaired) electrons. The van der Waals surface area contributed by atoms with Gasteiger partial charge in [0.15, 0.2) is 0 Å². The van der Waals surface area contributed by atoms with Gasteiger partial charge in [-0.25, -0.2) is 4.39 Å². The average Bonchev–Trinajstić information content (AvgIpc) is 3.42. The number of nitriles is 1. The summed E-state index contributed by atoms with van der Waals surface area (Å²) < 4.78 is 20.8. The lowest BCUT2D eigenvalue weighted by Crippen LogP contribution is -2.38. The van der Waals surface area contributed by atoms with E-state index in [1.807, 2.05) is 30.3 Å². The molecule has 2 atom stereocenters. The zero-order valence-electron chi connectivity index (χ0n) is 23.6. The van der Waals surface area contributed by atoms with Crippen LogP contribution in [0.2, 0.25) is 5.02 Å². The van der Waals surface area contributed by atoms with Crippen molar-refractivity contribution in [2.24, 2.45) is 0 Å². The number of nitrogens with zero attached hydrogens (tertiary/aromatic N) is 2. The van der Waals surface area contributed by atoms with Crippen molar-refractivity contribution >= 4 is 23.5 Å². The summed E-state index contributed by atoms with van der Waals surface area (Å²) in [5.74, 6) is -2.21. The van der Waals surface area contributed by atoms with E-state index in [4.69, 9.17) is 21.4 Å². The van der Waals surface area contributed by atoms with Crippen LogP contribution in [-0.2, 0) is 35.6 Å². The third kappa shape index (κ3) is 7.05. The number of hydrogen-bond donors (Lipinski definition) is 3. The number of carboxylic acid groups (broad SMARTS) is 2. The summed E-state index contributed by atoms with van der Waals surface area (Å²) in [6, 6.07) is 18.7. The van der Waals surface area contributed by atoms with Crippen LogP contribution in [0.25, 0.3) is 11.1 Å². The van der Waals surface area contributed by atoms with E-state index in [0.717, 1.165) is 35.1 Å². The lowest BCUT2D eigenvalue weighted by Gasteiger charge is -2.19. The smallest absolute Gasteiger partial charge is 0.321 e. The van der Waals surface area contributed by atoms with E-state index in [-0.39, 0.29) is 24.9 Å². The number of hydrogen-bond acceptors (Lipinski definition) is 6. The minimum Gasteiger partial charge on any atom is -0.489 e. The van der Waals surface area contributed by atoms with Gasteiger partial charge in [-0.3, -0.25) is 19.9 Å². The lowest BCUT2D eigenvalue weighted by molar-refractivity contribution is -0.146. The molecule has 0 aliphatic heterocycles. The van der Waals surface area contributed by atoms with Crippen LogP contribution < -0.4 is 10.1 Å². The van der Waals surface area contributed by atoms with Crippen molar-refractivity contribution < 1.29 is 28.9 Å². The Morgan fingerprint density at radius 2 is 1.89 bits per heavy atom. The fraction of sp³-hybridized carbons (Fsp3) is 0.235. The van der Waals surface area contributed by atoms with Crippen molar-refractivity contribution in [2.75, 3.05) is 0 Å². The van der Waals surface area contributed by atoms with Crippen molar-refractivity contribution in [3.05, 3.63) is 117 Å². The van der Waals surface area contributed by atoms with E-state index in [2.05, 4.69) is 16.4 Å². The molecule has 1 heterocycles. The Kier molecular flexibility index (Phi) is 9.53. The predicted octanol–water partition coefficient (Wildman–Crippen LogP) is 6.28. The minimum absolute atomic E-state index is 0.00563. The number of carbonyl (C=O) groups is 2. The standard InChI is InChI=1S/C34H29ClFN3O5/c35-29-12-24(18-39-31(34(42)43)14-33(40)41)32(44-19-21-10-20(15-37)16-38-17-21)13-23(29)11-22-8-9-27-25(22)5-3-6-26(27)28-4-1-2-7-30(28)36/h1-7,10,12-13,16-17,22,31,39H,8-9,11,14,18-19H2,(H,40,41)(H,42,43)/t22-,31?/m1/s1. The van der Waals surface area contributed by atoms with Gasteiger partial charge in [0.05, 0.1) is 12.0 Å². The van der Waals surface area contributed by atoms with Crippen LogP contribution in [0.3, 0.4) is 0 Å². The van der Waals surface area contributed by atoms with Gasteiger partial charge in [-0.15, -0.1) is 0 Å². The van der Waals surface area contributed by atoms with E-state index in [0.29, 0.717) is 39.4 Å². The third-order valence-electron chi connectivity index (χ3n) is 7.79. The fourth-order valence-corrected chi connectivity index (χ4v) is 5.92. The van der Waals surface area contributed by atoms with Crippen molar-refractivity contribution in [2.45, 2.75) is 50.8 Å². The summed E-state index contributed by atoms with van der Waals surface area (Å²) in [5.41, 5.74) is 6.16. The number of benzene rings is 3. The van der Waals surface area contributed by atoms with Gasteiger partial charge < -0.3 is 14.9 Å². The fourth-order valence-electron chi connectivity index (χ4n) is 5.66. The van der Waals surface area contributed by atoms with Gasteiger partial charge in [0, 0.05) is 40.7 Å². The number of halogens is 2. The summed E-state index contributed by atoms with van der Waals surface area (Å²) in [6.07, 6.45) is 4.70. The van der Waals surface area contributed by atoms with Crippen LogP contribution in [0.4, 0.5) is 4.39 Å². The maximum Gasteiger partial charge on any atom is 0.321 e. The zero-order valence-corrected chi connectivity index (χ0v) is 24.4. The Labute approximate surface area is 258 Å². The number of carboxylic acids is 2. The molecule has 0 spiro atoms. The number of pyridine rings is 1. The van der Waals surface area contributed by atoms with Gasteiger partial charge in [0.2, 0.25) is 0 Å². The Hall–Kier alpha value is -4.78. The summed E-state index contributed by atoms with van der Waals surface area (Å²) >= 11 is 6.78. The summed E-state index contributed by atoms with van der Waals surface area (Å²) in [6.45, 7) is 0.0840. The molecule has 0 saturated heterocycles. The second-order valence-corrected chi connectivity index (χ2v) is 11.1. The normalized spacial score (nSPS) is 14.4. The maximum atomic E-state index is 14.7. The molecule has 1 aromatic heterocycles. The van der Waals surface area contributed by atoms with E-state index in [1.165, 1.54) is 12.3 Å². The molecule has 44 heavy (non-hydrogen) atoms. The first-order chi connectivity index (χ1) is 21.2. The molecule has 1 unspecified atom stereocenters. The molecule has 1 aliphatic carbocycles. The molecule has 0 fully saturated rings. The minimum atomic E-state index is -1.31. The van der Waals surface area contributed by atoms with Crippen molar-refractivity contribution in [3.63, 3.8) is 0 Å². The first-order valence-electron chi connectivity index (χ1n) is 14.1. The molecule has 10 heteroatoms. The number of nitrogens with one attached hydrogen (secondary N) is 1. The van der Waals surface area contributed by atoms with Crippen LogP contribution in [0, 0.1) is 17.1 Å². The molecule has 1 aliphatic rings. The molecule has 4 aromatic rings. The highest BCUT2D eigenvalue weighted by atomic mass is 35.5. The summed E-state index contributed by atoms with van der Waals surface area (Å²) in [7, 11) is 0. The molecule has 3 N–H and O–H groups in total. The van der Waals surface area contributed by atoms with Crippen LogP contribution >= 0.6 is 11.6 Å². The van der Waals surface area contributed by atoms with E-state index in [9.17, 15) is 24.3 Å². The van der Waals surface area contributed by atoms with E-state index in [1.54, 1.807) is 30.5 Å². The number of aliphatic carboxylic acids is 2. The van der Waals surface area contributed by atoms with Crippen LogP contribution in [0.1, 0.15) is 52.1 Å². The van der Waals surface area contributed by atoms with Crippen molar-refractivity contribution in [1.82, 2.24) is 10.3 Å². The highest BCUT2D eigenvalue weighted by molar-refractivity contribution is 6.31. The Morgan fingerprint density at radius 3 is 2.64 bits per heavy atom. The average molecular weight is 614 g/mol. The first kappa shape index (κ1) is 30.7. The van der Waals surface area contributed by atoms with Crippen molar-refractivity contribution in [3.8, 4) is 22.9 Å². The SMILES string of the molecule is N#Cc1cncc(COc2cc(C[C@H]3CCc4c(-c5ccccc5F)cccc43)c(Cl)cc2CNC(CC(=O)O)C(=O)O)c1. The topological polar surface area (TPSA) is 133 Å². The van der Waals surface area contributed by atoms with Crippen molar-refractivity contribution in [1.29, 1.82) is 5.26 Å². The maximum absolute atomic E-state index is 14.7. The molecule has 0 amide bonds. The van der Waals surface area contributed by atoms with Crippen LogP contribution in [0.15, 0.2) is 73.1 Å². The first-order valence-corrected chi connectivity index (χ1v) is 14.4. The highest BCUT2D eigenvalue weighted by Gasteiger charge is 2.27. The molecular weight excluding hydrogens is 585 g/mol. The lowest BCUT2D eigenvalue weighted by atomic mass is 9.90. The predicted molar refractivity (Wildman–Crippen MR) is 162 cm³/mol. The number of fused-ring (bicyclic) bond motifs is 1. The summed E-state index contributed by atoms with van der Waals surface area (Å²) in [5, 5.41) is 31.1. The number of aromatic nitrogens is 1. The Balaban J connectivity index is 1.43. The van der Waals surface area contributed by atoms with Crippen LogP contribution in [0.5, 0.6) is 5.75 Å².